The zero-order chi connectivity index (χ0) is 27.6. The van der Waals surface area contributed by atoms with Gasteiger partial charge in [0.1, 0.15) is 18.1 Å². The second-order valence-corrected chi connectivity index (χ2v) is 10.1. The van der Waals surface area contributed by atoms with Gasteiger partial charge in [0.25, 0.3) is 5.56 Å². The fourth-order valence-corrected chi connectivity index (χ4v) is 5.66. The first-order valence-electron chi connectivity index (χ1n) is 13.0. The van der Waals surface area contributed by atoms with Gasteiger partial charge in [-0.25, -0.2) is 4.79 Å². The Bertz CT molecular complexity index is 1480. The lowest BCUT2D eigenvalue weighted by Gasteiger charge is -2.43. The van der Waals surface area contributed by atoms with E-state index in [0.29, 0.717) is 12.0 Å². The Balaban J connectivity index is 1.61. The Hall–Kier alpha value is -3.98. The largest absolute Gasteiger partial charge is 0.497 e. The molecule has 0 saturated carbocycles. The molecule has 0 spiro atoms. The summed E-state index contributed by atoms with van der Waals surface area (Å²) in [6.45, 7) is 1.62. The average molecular weight is 528 g/mol. The smallest absolute Gasteiger partial charge is 0.330 e. The number of hydrogen-bond acceptors (Lipinski definition) is 6. The first-order valence-corrected chi connectivity index (χ1v) is 13.0. The van der Waals surface area contributed by atoms with Gasteiger partial charge in [-0.3, -0.25) is 14.3 Å². The van der Waals surface area contributed by atoms with Gasteiger partial charge in [-0.15, -0.1) is 0 Å². The summed E-state index contributed by atoms with van der Waals surface area (Å²) in [5.41, 5.74) is 8.75. The number of methoxy groups -OCH3 is 1. The van der Waals surface area contributed by atoms with Crippen molar-refractivity contribution in [3.05, 3.63) is 134 Å². The number of aryl methyl sites for hydroxylation is 1. The first kappa shape index (κ1) is 26.6. The predicted molar refractivity (Wildman–Crippen MR) is 149 cm³/mol. The van der Waals surface area contributed by atoms with Gasteiger partial charge in [0.05, 0.1) is 13.2 Å². The molecule has 1 saturated heterocycles. The zero-order valence-electron chi connectivity index (χ0n) is 22.0. The predicted octanol–water partition coefficient (Wildman–Crippen LogP) is 3.06. The Morgan fingerprint density at radius 2 is 1.62 bits per heavy atom. The molecule has 1 aromatic heterocycles. The summed E-state index contributed by atoms with van der Waals surface area (Å²) in [7, 11) is 1.63. The summed E-state index contributed by atoms with van der Waals surface area (Å²) >= 11 is 0. The standard InChI is InChI=1S/C31H33N3O5/c1-20-19-34(30(37)33-29(20)36)26-17-25(35)27(39-26)28(32)31(22-9-5-3-6-10-22,23-11-7-4-8-12-23)18-21-13-15-24(38-2)16-14-21/h3-16,19,25-28,35H,17-18,32H2,1-2H3,(H,33,36,37)/t25?,26-,27+,28?/m1/s1. The number of nitrogens with two attached hydrogens (primary N) is 1. The number of nitrogens with one attached hydrogen (secondary N) is 1. The van der Waals surface area contributed by atoms with Crippen LogP contribution in [0.2, 0.25) is 0 Å². The topological polar surface area (TPSA) is 120 Å². The van der Waals surface area contributed by atoms with Crippen molar-refractivity contribution in [1.82, 2.24) is 9.55 Å². The van der Waals surface area contributed by atoms with Crippen LogP contribution in [0.15, 0.2) is 101 Å². The Morgan fingerprint density at radius 1 is 1.03 bits per heavy atom. The molecule has 2 unspecified atom stereocenters. The summed E-state index contributed by atoms with van der Waals surface area (Å²) in [4.78, 5) is 26.8. The minimum Gasteiger partial charge on any atom is -0.497 e. The molecule has 1 aliphatic rings. The van der Waals surface area contributed by atoms with E-state index in [0.717, 1.165) is 22.4 Å². The second kappa shape index (κ2) is 11.0. The monoisotopic (exact) mass is 527 g/mol. The van der Waals surface area contributed by atoms with Crippen LogP contribution >= 0.6 is 0 Å². The van der Waals surface area contributed by atoms with Crippen LogP contribution in [0.4, 0.5) is 0 Å². The van der Waals surface area contributed by atoms with Crippen LogP contribution < -0.4 is 21.7 Å². The Kier molecular flexibility index (Phi) is 7.52. The molecule has 0 bridgehead atoms. The maximum absolute atomic E-state index is 12.6. The summed E-state index contributed by atoms with van der Waals surface area (Å²) in [6.07, 6.45) is -0.359. The Morgan fingerprint density at radius 3 is 2.18 bits per heavy atom. The first-order chi connectivity index (χ1) is 18.8. The third-order valence-corrected chi connectivity index (χ3v) is 7.74. The van der Waals surface area contributed by atoms with Crippen LogP contribution in [-0.4, -0.2) is 40.0 Å². The van der Waals surface area contributed by atoms with Crippen molar-refractivity contribution in [2.75, 3.05) is 7.11 Å². The SMILES string of the molecule is COc1ccc(CC(c2ccccc2)(c2ccccc2)C(N)[C@H]2O[C@@H](n3cc(C)c(=O)[nH]c3=O)CC2O)cc1. The van der Waals surface area contributed by atoms with Crippen LogP contribution in [0.1, 0.15) is 34.9 Å². The molecule has 8 nitrogen and oxygen atoms in total. The van der Waals surface area contributed by atoms with Gasteiger partial charge >= 0.3 is 5.69 Å². The maximum Gasteiger partial charge on any atom is 0.330 e. The summed E-state index contributed by atoms with van der Waals surface area (Å²) in [6, 6.07) is 27.2. The fraction of sp³-hybridized carbons (Fsp3) is 0.290. The molecule has 4 atom stereocenters. The molecule has 0 aliphatic carbocycles. The zero-order valence-corrected chi connectivity index (χ0v) is 22.0. The molecule has 4 aromatic rings. The number of aromatic nitrogens is 2. The minimum atomic E-state index is -0.938. The van der Waals surface area contributed by atoms with E-state index < -0.39 is 41.1 Å². The van der Waals surface area contributed by atoms with Crippen molar-refractivity contribution >= 4 is 0 Å². The highest BCUT2D eigenvalue weighted by atomic mass is 16.5. The van der Waals surface area contributed by atoms with E-state index in [1.54, 1.807) is 14.0 Å². The summed E-state index contributed by atoms with van der Waals surface area (Å²) < 4.78 is 13.1. The number of benzene rings is 3. The van der Waals surface area contributed by atoms with E-state index in [9.17, 15) is 14.7 Å². The molecule has 4 N–H and O–H groups in total. The van der Waals surface area contributed by atoms with E-state index in [2.05, 4.69) is 4.98 Å². The molecule has 2 heterocycles. The van der Waals surface area contributed by atoms with Crippen LogP contribution in [0.5, 0.6) is 5.75 Å². The quantitative estimate of drug-likeness (QED) is 0.324. The van der Waals surface area contributed by atoms with Gasteiger partial charge in [0.15, 0.2) is 0 Å². The van der Waals surface area contributed by atoms with E-state index in [1.807, 2.05) is 84.9 Å². The normalized spacial score (nSPS) is 20.1. The van der Waals surface area contributed by atoms with Crippen LogP contribution in [0.25, 0.3) is 0 Å². The lowest BCUT2D eigenvalue weighted by Crippen LogP contribution is -2.57. The van der Waals surface area contributed by atoms with Crippen molar-refractivity contribution in [2.24, 2.45) is 5.73 Å². The van der Waals surface area contributed by atoms with E-state index in [-0.39, 0.29) is 6.42 Å². The van der Waals surface area contributed by atoms with Gasteiger partial charge in [0, 0.05) is 29.6 Å². The molecule has 8 heteroatoms. The van der Waals surface area contributed by atoms with Crippen molar-refractivity contribution in [3.63, 3.8) is 0 Å². The third kappa shape index (κ3) is 5.06. The van der Waals surface area contributed by atoms with Crippen molar-refractivity contribution in [2.45, 2.75) is 49.7 Å². The number of aliphatic hydroxyl groups excluding tert-OH is 1. The number of hydrogen-bond donors (Lipinski definition) is 3. The van der Waals surface area contributed by atoms with Crippen molar-refractivity contribution < 1.29 is 14.6 Å². The van der Waals surface area contributed by atoms with E-state index in [4.69, 9.17) is 15.2 Å². The molecule has 3 aromatic carbocycles. The molecule has 0 amide bonds. The molecule has 1 fully saturated rings. The van der Waals surface area contributed by atoms with Gasteiger partial charge < -0.3 is 20.3 Å². The van der Waals surface area contributed by atoms with Gasteiger partial charge in [-0.2, -0.15) is 0 Å². The van der Waals surface area contributed by atoms with E-state index in [1.165, 1.54) is 10.8 Å². The van der Waals surface area contributed by atoms with Gasteiger partial charge in [0.2, 0.25) is 0 Å². The fourth-order valence-electron chi connectivity index (χ4n) is 5.66. The lowest BCUT2D eigenvalue weighted by molar-refractivity contribution is -0.0433. The maximum atomic E-state index is 12.6. The Labute approximate surface area is 226 Å². The molecule has 202 valence electrons. The highest BCUT2D eigenvalue weighted by molar-refractivity contribution is 5.45. The van der Waals surface area contributed by atoms with Crippen LogP contribution in [0, 0.1) is 6.92 Å². The molecular formula is C31H33N3O5. The highest BCUT2D eigenvalue weighted by Crippen LogP contribution is 2.43. The van der Waals surface area contributed by atoms with Crippen LogP contribution in [0.3, 0.4) is 0 Å². The number of H-pyrrole nitrogens is 1. The third-order valence-electron chi connectivity index (χ3n) is 7.74. The number of aliphatic hydroxyl groups is 1. The van der Waals surface area contributed by atoms with Crippen molar-refractivity contribution in [1.29, 1.82) is 0 Å². The minimum absolute atomic E-state index is 0.159. The molecule has 5 rings (SSSR count). The number of nitrogens with zero attached hydrogens (tertiary/aromatic N) is 1. The van der Waals surface area contributed by atoms with Gasteiger partial charge in [-0.05, 0) is 42.2 Å². The van der Waals surface area contributed by atoms with Crippen molar-refractivity contribution in [3.8, 4) is 5.75 Å². The molecule has 1 aliphatic heterocycles. The summed E-state index contributed by atoms with van der Waals surface area (Å²) in [5.74, 6) is 0.757. The highest BCUT2D eigenvalue weighted by Gasteiger charge is 2.50. The molecular weight excluding hydrogens is 494 g/mol. The van der Waals surface area contributed by atoms with Crippen LogP contribution in [-0.2, 0) is 16.6 Å². The average Bonchev–Trinajstić information content (AvgIpc) is 3.35. The number of aromatic amines is 1. The second-order valence-electron chi connectivity index (χ2n) is 10.1. The lowest BCUT2D eigenvalue weighted by atomic mass is 9.64. The number of rotatable bonds is 8. The number of ether oxygens (including phenoxy) is 2. The summed E-state index contributed by atoms with van der Waals surface area (Å²) in [5, 5.41) is 11.3. The molecule has 39 heavy (non-hydrogen) atoms. The molecule has 0 radical (unpaired) electrons. The van der Waals surface area contributed by atoms with Gasteiger partial charge in [-0.1, -0.05) is 72.8 Å². The van der Waals surface area contributed by atoms with E-state index >= 15 is 0 Å².